The van der Waals surface area contributed by atoms with Crippen molar-refractivity contribution in [1.29, 1.82) is 0 Å². The highest BCUT2D eigenvalue weighted by Crippen LogP contribution is 2.28. The molecule has 94 valence electrons. The Bertz CT molecular complexity index is 494. The van der Waals surface area contributed by atoms with E-state index in [0.29, 0.717) is 16.8 Å². The number of fused-ring (bicyclic) bond motifs is 1. The first-order valence-corrected chi connectivity index (χ1v) is 5.49. The van der Waals surface area contributed by atoms with Crippen molar-refractivity contribution in [3.8, 4) is 0 Å². The second kappa shape index (κ2) is 5.91. The highest BCUT2D eigenvalue weighted by atomic mass is 35.5. The number of hydrogen-bond donors (Lipinski definition) is 1. The van der Waals surface area contributed by atoms with Gasteiger partial charge in [-0.25, -0.2) is 4.98 Å². The van der Waals surface area contributed by atoms with Gasteiger partial charge in [-0.15, -0.1) is 24.8 Å². The highest BCUT2D eigenvalue weighted by Gasteiger charge is 2.20. The van der Waals surface area contributed by atoms with Crippen molar-refractivity contribution in [3.05, 3.63) is 29.1 Å². The van der Waals surface area contributed by atoms with Gasteiger partial charge in [-0.3, -0.25) is 0 Å². The number of nitrogens with zero attached hydrogens (tertiary/aromatic N) is 1. The van der Waals surface area contributed by atoms with Crippen LogP contribution in [0.3, 0.4) is 0 Å². The number of nitrogens with one attached hydrogen (secondary N) is 1. The molecule has 0 spiro atoms. The van der Waals surface area contributed by atoms with E-state index in [1.54, 1.807) is 6.20 Å². The van der Waals surface area contributed by atoms with Crippen LogP contribution in [0.15, 0.2) is 22.7 Å². The molecule has 1 aliphatic heterocycles. The number of halogens is 3. The average molecular weight is 296 g/mol. The SMILES string of the molecule is Cl.Cl.Clc1cnc2oc([C@@H]3CCCN3)cc2c1. The van der Waals surface area contributed by atoms with Gasteiger partial charge in [0.05, 0.1) is 11.1 Å². The van der Waals surface area contributed by atoms with Crippen LogP contribution in [-0.2, 0) is 0 Å². The molecule has 2 aromatic rings. The quantitative estimate of drug-likeness (QED) is 0.871. The van der Waals surface area contributed by atoms with E-state index in [9.17, 15) is 0 Å². The van der Waals surface area contributed by atoms with Gasteiger partial charge >= 0.3 is 0 Å². The monoisotopic (exact) mass is 294 g/mol. The van der Waals surface area contributed by atoms with Crippen molar-refractivity contribution < 1.29 is 4.42 Å². The summed E-state index contributed by atoms with van der Waals surface area (Å²) in [6.07, 6.45) is 3.95. The Kier molecular flexibility index (Phi) is 5.07. The summed E-state index contributed by atoms with van der Waals surface area (Å²) < 4.78 is 5.67. The molecule has 17 heavy (non-hydrogen) atoms. The van der Waals surface area contributed by atoms with Crippen LogP contribution in [0.2, 0.25) is 5.02 Å². The lowest BCUT2D eigenvalue weighted by molar-refractivity contribution is 0.465. The van der Waals surface area contributed by atoms with Crippen molar-refractivity contribution in [2.75, 3.05) is 6.54 Å². The third-order valence-corrected chi connectivity index (χ3v) is 2.97. The predicted octanol–water partition coefficient (Wildman–Crippen LogP) is 3.75. The molecule has 1 atom stereocenters. The Hall–Kier alpha value is -0.480. The van der Waals surface area contributed by atoms with Crippen LogP contribution in [0.25, 0.3) is 11.1 Å². The summed E-state index contributed by atoms with van der Waals surface area (Å²) in [5, 5.41) is 5.02. The maximum Gasteiger partial charge on any atom is 0.226 e. The Morgan fingerprint density at radius 2 is 2.18 bits per heavy atom. The molecule has 0 saturated carbocycles. The molecular formula is C11H13Cl3N2O. The molecule has 0 bridgehead atoms. The van der Waals surface area contributed by atoms with Gasteiger partial charge in [0, 0.05) is 11.6 Å². The molecule has 1 saturated heterocycles. The Labute approximate surface area is 117 Å². The summed E-state index contributed by atoms with van der Waals surface area (Å²) >= 11 is 5.87. The van der Waals surface area contributed by atoms with Gasteiger partial charge in [0.25, 0.3) is 0 Å². The Balaban J connectivity index is 0.000000722. The van der Waals surface area contributed by atoms with Gasteiger partial charge < -0.3 is 9.73 Å². The molecule has 0 unspecified atom stereocenters. The molecule has 3 nitrogen and oxygen atoms in total. The van der Waals surface area contributed by atoms with E-state index in [2.05, 4.69) is 10.3 Å². The summed E-state index contributed by atoms with van der Waals surface area (Å²) in [5.74, 6) is 0.970. The van der Waals surface area contributed by atoms with Crippen LogP contribution in [0.1, 0.15) is 24.6 Å². The van der Waals surface area contributed by atoms with Gasteiger partial charge in [-0.05, 0) is 31.5 Å². The summed E-state index contributed by atoms with van der Waals surface area (Å²) in [6, 6.07) is 4.25. The van der Waals surface area contributed by atoms with E-state index in [1.807, 2.05) is 12.1 Å². The van der Waals surface area contributed by atoms with Crippen LogP contribution in [0, 0.1) is 0 Å². The topological polar surface area (TPSA) is 38.1 Å². The number of furan rings is 1. The van der Waals surface area contributed by atoms with Gasteiger partial charge in [0.15, 0.2) is 0 Å². The van der Waals surface area contributed by atoms with Crippen LogP contribution in [0.5, 0.6) is 0 Å². The van der Waals surface area contributed by atoms with Gasteiger partial charge in [0.2, 0.25) is 5.71 Å². The molecule has 0 amide bonds. The van der Waals surface area contributed by atoms with E-state index in [1.165, 1.54) is 6.42 Å². The van der Waals surface area contributed by atoms with E-state index < -0.39 is 0 Å². The van der Waals surface area contributed by atoms with E-state index >= 15 is 0 Å². The summed E-state index contributed by atoms with van der Waals surface area (Å²) in [4.78, 5) is 4.15. The molecule has 0 radical (unpaired) electrons. The zero-order chi connectivity index (χ0) is 10.3. The minimum atomic E-state index is 0. The lowest BCUT2D eigenvalue weighted by Crippen LogP contribution is -2.11. The zero-order valence-corrected chi connectivity index (χ0v) is 11.4. The number of hydrogen-bond acceptors (Lipinski definition) is 3. The van der Waals surface area contributed by atoms with Crippen molar-refractivity contribution >= 4 is 47.5 Å². The second-order valence-corrected chi connectivity index (χ2v) is 4.28. The molecule has 6 heteroatoms. The fourth-order valence-electron chi connectivity index (χ4n) is 2.02. The average Bonchev–Trinajstić information content (AvgIpc) is 2.84. The number of aromatic nitrogens is 1. The summed E-state index contributed by atoms with van der Waals surface area (Å²) in [7, 11) is 0. The minimum Gasteiger partial charge on any atom is -0.441 e. The first-order chi connectivity index (χ1) is 7.33. The van der Waals surface area contributed by atoms with Crippen molar-refractivity contribution in [1.82, 2.24) is 10.3 Å². The molecule has 0 aromatic carbocycles. The van der Waals surface area contributed by atoms with Crippen molar-refractivity contribution in [2.45, 2.75) is 18.9 Å². The number of pyridine rings is 1. The third kappa shape index (κ3) is 2.86. The fourth-order valence-corrected chi connectivity index (χ4v) is 2.19. The van der Waals surface area contributed by atoms with Gasteiger partial charge in [-0.2, -0.15) is 0 Å². The summed E-state index contributed by atoms with van der Waals surface area (Å²) in [6.45, 7) is 1.07. The lowest BCUT2D eigenvalue weighted by Gasteiger charge is -2.03. The molecule has 0 aliphatic carbocycles. The Morgan fingerprint density at radius 3 is 2.88 bits per heavy atom. The normalized spacial score (nSPS) is 18.8. The molecule has 3 rings (SSSR count). The van der Waals surface area contributed by atoms with E-state index in [4.69, 9.17) is 16.0 Å². The van der Waals surface area contributed by atoms with Gasteiger partial charge in [-0.1, -0.05) is 11.6 Å². The van der Waals surface area contributed by atoms with Crippen LogP contribution >= 0.6 is 36.4 Å². The molecule has 2 aromatic heterocycles. The maximum atomic E-state index is 5.87. The zero-order valence-electron chi connectivity index (χ0n) is 8.98. The van der Waals surface area contributed by atoms with E-state index in [0.717, 1.165) is 24.1 Å². The van der Waals surface area contributed by atoms with Gasteiger partial charge in [0.1, 0.15) is 5.76 Å². The van der Waals surface area contributed by atoms with Crippen molar-refractivity contribution in [3.63, 3.8) is 0 Å². The first-order valence-electron chi connectivity index (χ1n) is 5.11. The van der Waals surface area contributed by atoms with E-state index in [-0.39, 0.29) is 24.8 Å². The maximum absolute atomic E-state index is 5.87. The van der Waals surface area contributed by atoms with Crippen LogP contribution in [-0.4, -0.2) is 11.5 Å². The third-order valence-electron chi connectivity index (χ3n) is 2.76. The first kappa shape index (κ1) is 14.6. The van der Waals surface area contributed by atoms with Crippen molar-refractivity contribution in [2.24, 2.45) is 0 Å². The Morgan fingerprint density at radius 1 is 1.35 bits per heavy atom. The largest absolute Gasteiger partial charge is 0.441 e. The smallest absolute Gasteiger partial charge is 0.226 e. The predicted molar refractivity (Wildman–Crippen MR) is 73.5 cm³/mol. The standard InChI is InChI=1S/C11H11ClN2O.2ClH/c12-8-4-7-5-10(9-2-1-3-13-9)15-11(7)14-6-8;;/h4-6,9,13H,1-3H2;2*1H/t9-;;/m0../s1. The lowest BCUT2D eigenvalue weighted by atomic mass is 10.2. The molecular weight excluding hydrogens is 282 g/mol. The number of rotatable bonds is 1. The molecule has 1 aliphatic rings. The minimum absolute atomic E-state index is 0. The van der Waals surface area contributed by atoms with Crippen LogP contribution < -0.4 is 5.32 Å². The summed E-state index contributed by atoms with van der Waals surface area (Å²) in [5.41, 5.74) is 0.670. The van der Waals surface area contributed by atoms with Crippen LogP contribution in [0.4, 0.5) is 0 Å². The molecule has 1 N–H and O–H groups in total. The fraction of sp³-hybridized carbons (Fsp3) is 0.364. The highest BCUT2D eigenvalue weighted by molar-refractivity contribution is 6.31. The molecule has 1 fully saturated rings. The second-order valence-electron chi connectivity index (χ2n) is 3.85. The molecule has 3 heterocycles.